The number of hydrazone groups is 1. The Hall–Kier alpha value is -1.06. The average molecular weight is 169 g/mol. The molecule has 1 aliphatic rings. The van der Waals surface area contributed by atoms with Gasteiger partial charge < -0.3 is 5.73 Å². The van der Waals surface area contributed by atoms with E-state index in [9.17, 15) is 4.79 Å². The molecule has 2 amide bonds. The van der Waals surface area contributed by atoms with Crippen molar-refractivity contribution in [1.29, 1.82) is 0 Å². The summed E-state index contributed by atoms with van der Waals surface area (Å²) >= 11 is 0. The van der Waals surface area contributed by atoms with Crippen LogP contribution in [0.2, 0.25) is 0 Å². The largest absolute Gasteiger partial charge is 0.350 e. The number of nitrogens with one attached hydrogen (secondary N) is 1. The van der Waals surface area contributed by atoms with E-state index >= 15 is 0 Å². The van der Waals surface area contributed by atoms with Gasteiger partial charge in [-0.05, 0) is 25.2 Å². The lowest BCUT2D eigenvalue weighted by molar-refractivity contribution is 0.249. The number of nitrogens with zero attached hydrogens (tertiary/aromatic N) is 1. The average Bonchev–Trinajstić information content (AvgIpc) is 2.03. The predicted molar refractivity (Wildman–Crippen MR) is 47.8 cm³/mol. The summed E-state index contributed by atoms with van der Waals surface area (Å²) < 4.78 is 0. The van der Waals surface area contributed by atoms with Crippen molar-refractivity contribution in [2.45, 2.75) is 32.6 Å². The maximum Gasteiger partial charge on any atom is 0.332 e. The molecule has 68 valence electrons. The zero-order valence-corrected chi connectivity index (χ0v) is 7.34. The lowest BCUT2D eigenvalue weighted by atomic mass is 9.89. The van der Waals surface area contributed by atoms with Crippen molar-refractivity contribution in [2.24, 2.45) is 16.8 Å². The van der Waals surface area contributed by atoms with Crippen molar-refractivity contribution in [1.82, 2.24) is 5.43 Å². The highest BCUT2D eigenvalue weighted by Gasteiger charge is 2.15. The fraction of sp³-hybridized carbons (Fsp3) is 0.750. The van der Waals surface area contributed by atoms with Crippen LogP contribution in [0.25, 0.3) is 0 Å². The second-order valence-corrected chi connectivity index (χ2v) is 3.23. The van der Waals surface area contributed by atoms with Crippen molar-refractivity contribution in [3.8, 4) is 0 Å². The number of amides is 2. The van der Waals surface area contributed by atoms with Crippen LogP contribution in [0.5, 0.6) is 0 Å². The van der Waals surface area contributed by atoms with Crippen LogP contribution in [0, 0.1) is 5.92 Å². The summed E-state index contributed by atoms with van der Waals surface area (Å²) in [5.41, 5.74) is 8.24. The molecule has 1 rings (SSSR count). The molecule has 0 aromatic heterocycles. The predicted octanol–water partition coefficient (Wildman–Crippen LogP) is 1.22. The first-order chi connectivity index (χ1) is 5.70. The molecule has 1 unspecified atom stereocenters. The molecule has 0 aliphatic heterocycles. The van der Waals surface area contributed by atoms with Gasteiger partial charge in [0.1, 0.15) is 0 Å². The molecule has 1 aliphatic carbocycles. The molecule has 0 bridgehead atoms. The zero-order valence-electron chi connectivity index (χ0n) is 7.34. The van der Waals surface area contributed by atoms with Crippen molar-refractivity contribution >= 4 is 11.7 Å². The maximum absolute atomic E-state index is 10.4. The summed E-state index contributed by atoms with van der Waals surface area (Å²) in [5.74, 6) is 0.491. The Morgan fingerprint density at radius 3 is 3.00 bits per heavy atom. The number of hydrogen-bond donors (Lipinski definition) is 2. The van der Waals surface area contributed by atoms with E-state index in [1.165, 1.54) is 19.3 Å². The number of urea groups is 1. The van der Waals surface area contributed by atoms with Gasteiger partial charge in [0.2, 0.25) is 0 Å². The molecule has 0 radical (unpaired) electrons. The number of rotatable bonds is 1. The van der Waals surface area contributed by atoms with E-state index in [1.807, 2.05) is 0 Å². The second-order valence-electron chi connectivity index (χ2n) is 3.23. The van der Waals surface area contributed by atoms with E-state index in [0.29, 0.717) is 5.92 Å². The highest BCUT2D eigenvalue weighted by atomic mass is 16.2. The third kappa shape index (κ3) is 2.53. The molecule has 1 atom stereocenters. The normalized spacial score (nSPS) is 27.1. The van der Waals surface area contributed by atoms with Crippen LogP contribution in [0.3, 0.4) is 0 Å². The molecule has 4 nitrogen and oxygen atoms in total. The van der Waals surface area contributed by atoms with Gasteiger partial charge in [0.25, 0.3) is 0 Å². The molecule has 1 fully saturated rings. The minimum absolute atomic E-state index is 0.491. The lowest BCUT2D eigenvalue weighted by Crippen LogP contribution is -2.28. The number of primary amides is 1. The highest BCUT2D eigenvalue weighted by molar-refractivity contribution is 5.88. The molecule has 0 heterocycles. The van der Waals surface area contributed by atoms with E-state index in [-0.39, 0.29) is 0 Å². The fourth-order valence-corrected chi connectivity index (χ4v) is 1.46. The quantitative estimate of drug-likeness (QED) is 0.569. The van der Waals surface area contributed by atoms with Crippen LogP contribution in [0.1, 0.15) is 32.6 Å². The maximum atomic E-state index is 10.4. The van der Waals surface area contributed by atoms with Gasteiger partial charge in [-0.3, -0.25) is 0 Å². The summed E-state index contributed by atoms with van der Waals surface area (Å²) in [6.45, 7) is 2.13. The van der Waals surface area contributed by atoms with E-state index in [4.69, 9.17) is 5.73 Å². The van der Waals surface area contributed by atoms with Gasteiger partial charge in [0.15, 0.2) is 0 Å². The van der Waals surface area contributed by atoms with E-state index < -0.39 is 6.03 Å². The molecule has 12 heavy (non-hydrogen) atoms. The van der Waals surface area contributed by atoms with Gasteiger partial charge in [-0.15, -0.1) is 0 Å². The van der Waals surface area contributed by atoms with Crippen LogP contribution in [-0.4, -0.2) is 11.7 Å². The summed E-state index contributed by atoms with van der Waals surface area (Å²) in [5, 5.41) is 3.96. The zero-order chi connectivity index (χ0) is 8.97. The van der Waals surface area contributed by atoms with Gasteiger partial charge in [-0.2, -0.15) is 5.10 Å². The molecular weight excluding hydrogens is 154 g/mol. The Morgan fingerprint density at radius 1 is 1.67 bits per heavy atom. The number of carbonyl (C=O) groups excluding carboxylic acids is 1. The second kappa shape index (κ2) is 4.09. The van der Waals surface area contributed by atoms with E-state index in [0.717, 1.165) is 12.1 Å². The SMILES string of the molecule is CC1CCCC/C1=N\NC(N)=O. The minimum Gasteiger partial charge on any atom is -0.350 e. The van der Waals surface area contributed by atoms with Gasteiger partial charge in [-0.1, -0.05) is 13.3 Å². The van der Waals surface area contributed by atoms with E-state index in [1.54, 1.807) is 0 Å². The van der Waals surface area contributed by atoms with Crippen LogP contribution >= 0.6 is 0 Å². The molecule has 0 saturated heterocycles. The third-order valence-corrected chi connectivity index (χ3v) is 2.20. The lowest BCUT2D eigenvalue weighted by Gasteiger charge is -2.19. The fourth-order valence-electron chi connectivity index (χ4n) is 1.46. The first kappa shape index (κ1) is 9.03. The molecule has 0 aromatic carbocycles. The first-order valence-electron chi connectivity index (χ1n) is 4.32. The third-order valence-electron chi connectivity index (χ3n) is 2.20. The first-order valence-corrected chi connectivity index (χ1v) is 4.32. The highest BCUT2D eigenvalue weighted by Crippen LogP contribution is 2.20. The van der Waals surface area contributed by atoms with Crippen molar-refractivity contribution in [3.05, 3.63) is 0 Å². The molecule has 1 saturated carbocycles. The van der Waals surface area contributed by atoms with E-state index in [2.05, 4.69) is 17.5 Å². The Bertz CT molecular complexity index is 200. The van der Waals surface area contributed by atoms with Crippen LogP contribution in [0.4, 0.5) is 4.79 Å². The molecule has 0 spiro atoms. The van der Waals surface area contributed by atoms with Gasteiger partial charge in [-0.25, -0.2) is 10.2 Å². The smallest absolute Gasteiger partial charge is 0.332 e. The monoisotopic (exact) mass is 169 g/mol. The Kier molecular flexibility index (Phi) is 3.08. The number of nitrogens with two attached hydrogens (primary N) is 1. The Labute approximate surface area is 72.2 Å². The van der Waals surface area contributed by atoms with Crippen molar-refractivity contribution in [2.75, 3.05) is 0 Å². The Balaban J connectivity index is 2.47. The van der Waals surface area contributed by atoms with Crippen molar-refractivity contribution in [3.63, 3.8) is 0 Å². The standard InChI is InChI=1S/C8H15N3O/c1-6-4-2-3-5-7(6)10-11-8(9)12/h6H,2-5H2,1H3,(H3,9,11,12)/b10-7+. The van der Waals surface area contributed by atoms with Gasteiger partial charge in [0.05, 0.1) is 0 Å². The van der Waals surface area contributed by atoms with Crippen LogP contribution < -0.4 is 11.2 Å². The minimum atomic E-state index is -0.583. The summed E-state index contributed by atoms with van der Waals surface area (Å²) in [4.78, 5) is 10.4. The van der Waals surface area contributed by atoms with Gasteiger partial charge in [0, 0.05) is 5.71 Å². The number of hydrogen-bond acceptors (Lipinski definition) is 2. The number of carbonyl (C=O) groups is 1. The van der Waals surface area contributed by atoms with Gasteiger partial charge >= 0.3 is 6.03 Å². The van der Waals surface area contributed by atoms with Crippen molar-refractivity contribution < 1.29 is 4.79 Å². The Morgan fingerprint density at radius 2 is 2.42 bits per heavy atom. The molecule has 0 aromatic rings. The summed E-state index contributed by atoms with van der Waals surface area (Å²) in [6, 6.07) is -0.583. The summed E-state index contributed by atoms with van der Waals surface area (Å²) in [6.07, 6.45) is 4.58. The van der Waals surface area contributed by atoms with Crippen LogP contribution in [-0.2, 0) is 0 Å². The molecule has 4 heteroatoms. The summed E-state index contributed by atoms with van der Waals surface area (Å²) in [7, 11) is 0. The molecular formula is C8H15N3O. The van der Waals surface area contributed by atoms with Crippen LogP contribution in [0.15, 0.2) is 5.10 Å². The molecule has 3 N–H and O–H groups in total. The topological polar surface area (TPSA) is 67.5 Å².